The summed E-state index contributed by atoms with van der Waals surface area (Å²) in [7, 11) is 0. The van der Waals surface area contributed by atoms with Gasteiger partial charge < -0.3 is 5.73 Å². The Morgan fingerprint density at radius 3 is 2.31 bits per heavy atom. The topological polar surface area (TPSA) is 26.0 Å². The lowest BCUT2D eigenvalue weighted by Gasteiger charge is -2.33. The van der Waals surface area contributed by atoms with E-state index in [9.17, 15) is 4.39 Å². The summed E-state index contributed by atoms with van der Waals surface area (Å²) in [5.41, 5.74) is 7.47. The molecule has 2 N–H and O–H groups in total. The van der Waals surface area contributed by atoms with Crippen LogP contribution in [0.5, 0.6) is 0 Å². The second kappa shape index (κ2) is 4.96. The van der Waals surface area contributed by atoms with Crippen LogP contribution in [0.25, 0.3) is 0 Å². The number of hydrogen-bond acceptors (Lipinski definition) is 1. The molecule has 0 aliphatic carbocycles. The van der Waals surface area contributed by atoms with E-state index in [2.05, 4.69) is 13.8 Å². The highest BCUT2D eigenvalue weighted by atomic mass is 19.1. The molecule has 0 aliphatic rings. The zero-order valence-electron chi connectivity index (χ0n) is 10.7. The molecule has 0 heterocycles. The van der Waals surface area contributed by atoms with Crippen LogP contribution in [0.3, 0.4) is 0 Å². The molecule has 0 bridgehead atoms. The second-order valence-corrected chi connectivity index (χ2v) is 4.76. The van der Waals surface area contributed by atoms with E-state index >= 15 is 0 Å². The quantitative estimate of drug-likeness (QED) is 0.826. The van der Waals surface area contributed by atoms with E-state index in [0.29, 0.717) is 11.5 Å². The fraction of sp³-hybridized carbons (Fsp3) is 0.571. The molecule has 0 fully saturated rings. The number of aryl methyl sites for hydroxylation is 1. The van der Waals surface area contributed by atoms with Crippen molar-refractivity contribution in [3.8, 4) is 0 Å². The van der Waals surface area contributed by atoms with Crippen molar-refractivity contribution in [2.24, 2.45) is 11.7 Å². The van der Waals surface area contributed by atoms with Gasteiger partial charge in [-0.15, -0.1) is 0 Å². The Bertz CT molecular complexity index is 354. The summed E-state index contributed by atoms with van der Waals surface area (Å²) in [6.45, 7) is 8.02. The highest BCUT2D eigenvalue weighted by molar-refractivity contribution is 5.29. The third-order valence-corrected chi connectivity index (χ3v) is 3.63. The first-order valence-corrected chi connectivity index (χ1v) is 5.99. The lowest BCUT2D eigenvalue weighted by molar-refractivity contribution is 0.281. The second-order valence-electron chi connectivity index (χ2n) is 4.76. The van der Waals surface area contributed by atoms with E-state index in [1.165, 1.54) is 0 Å². The lowest BCUT2D eigenvalue weighted by atomic mass is 9.77. The average molecular weight is 223 g/mol. The van der Waals surface area contributed by atoms with Gasteiger partial charge in [0, 0.05) is 5.54 Å². The van der Waals surface area contributed by atoms with Gasteiger partial charge in [-0.3, -0.25) is 0 Å². The Labute approximate surface area is 97.9 Å². The molecule has 1 atom stereocenters. The van der Waals surface area contributed by atoms with Crippen LogP contribution in [0, 0.1) is 18.7 Å². The molecular formula is C14H22FN. The van der Waals surface area contributed by atoms with Crippen molar-refractivity contribution in [1.29, 1.82) is 0 Å². The first kappa shape index (κ1) is 13.2. The Hall–Kier alpha value is -0.890. The summed E-state index contributed by atoms with van der Waals surface area (Å²) in [6.07, 6.45) is 2.03. The molecule has 90 valence electrons. The molecule has 1 unspecified atom stereocenters. The van der Waals surface area contributed by atoms with Crippen LogP contribution in [-0.2, 0) is 5.54 Å². The molecule has 0 aromatic heterocycles. The van der Waals surface area contributed by atoms with Crippen molar-refractivity contribution in [2.45, 2.75) is 46.1 Å². The SMILES string of the molecule is CCC(CC)C(C)(N)c1ccc(C)c(F)c1. The Morgan fingerprint density at radius 1 is 1.31 bits per heavy atom. The van der Waals surface area contributed by atoms with Crippen molar-refractivity contribution in [3.05, 3.63) is 35.1 Å². The van der Waals surface area contributed by atoms with Gasteiger partial charge in [-0.1, -0.05) is 38.8 Å². The van der Waals surface area contributed by atoms with E-state index in [1.54, 1.807) is 19.1 Å². The normalized spacial score (nSPS) is 15.2. The summed E-state index contributed by atoms with van der Waals surface area (Å²) < 4.78 is 13.5. The van der Waals surface area contributed by atoms with Crippen LogP contribution in [0.4, 0.5) is 4.39 Å². The van der Waals surface area contributed by atoms with Gasteiger partial charge in [0.1, 0.15) is 5.82 Å². The first-order valence-electron chi connectivity index (χ1n) is 5.99. The summed E-state index contributed by atoms with van der Waals surface area (Å²) in [5, 5.41) is 0. The Morgan fingerprint density at radius 2 is 1.88 bits per heavy atom. The molecular weight excluding hydrogens is 201 g/mol. The van der Waals surface area contributed by atoms with Gasteiger partial charge in [-0.2, -0.15) is 0 Å². The smallest absolute Gasteiger partial charge is 0.126 e. The Kier molecular flexibility index (Phi) is 4.09. The van der Waals surface area contributed by atoms with Crippen LogP contribution in [0.15, 0.2) is 18.2 Å². The van der Waals surface area contributed by atoms with Gasteiger partial charge in [0.15, 0.2) is 0 Å². The summed E-state index contributed by atoms with van der Waals surface area (Å²) >= 11 is 0. The molecule has 0 radical (unpaired) electrons. The predicted molar refractivity (Wildman–Crippen MR) is 66.7 cm³/mol. The molecule has 0 saturated heterocycles. The maximum absolute atomic E-state index is 13.5. The van der Waals surface area contributed by atoms with Gasteiger partial charge in [-0.25, -0.2) is 4.39 Å². The standard InChI is InChI=1S/C14H22FN/c1-5-11(6-2)14(4,16)12-8-7-10(3)13(15)9-12/h7-9,11H,5-6,16H2,1-4H3. The van der Waals surface area contributed by atoms with E-state index in [0.717, 1.165) is 18.4 Å². The maximum Gasteiger partial charge on any atom is 0.126 e. The number of benzene rings is 1. The van der Waals surface area contributed by atoms with Gasteiger partial charge in [0.25, 0.3) is 0 Å². The molecule has 2 heteroatoms. The minimum Gasteiger partial charge on any atom is -0.321 e. The molecule has 1 aromatic rings. The van der Waals surface area contributed by atoms with Gasteiger partial charge in [0.05, 0.1) is 0 Å². The highest BCUT2D eigenvalue weighted by Gasteiger charge is 2.29. The van der Waals surface area contributed by atoms with Gasteiger partial charge in [0.2, 0.25) is 0 Å². The fourth-order valence-corrected chi connectivity index (χ4v) is 2.30. The molecule has 1 nitrogen and oxygen atoms in total. The fourth-order valence-electron chi connectivity index (χ4n) is 2.30. The van der Waals surface area contributed by atoms with Crippen LogP contribution >= 0.6 is 0 Å². The third-order valence-electron chi connectivity index (χ3n) is 3.63. The van der Waals surface area contributed by atoms with E-state index in [4.69, 9.17) is 5.73 Å². The van der Waals surface area contributed by atoms with Crippen LogP contribution in [0.1, 0.15) is 44.7 Å². The zero-order chi connectivity index (χ0) is 12.3. The number of hydrogen-bond donors (Lipinski definition) is 1. The summed E-state index contributed by atoms with van der Waals surface area (Å²) in [5.74, 6) is 0.217. The maximum atomic E-state index is 13.5. The van der Waals surface area contributed by atoms with Gasteiger partial charge in [-0.05, 0) is 37.0 Å². The average Bonchev–Trinajstić information content (AvgIpc) is 2.23. The van der Waals surface area contributed by atoms with Crippen LogP contribution < -0.4 is 5.73 Å². The number of halogens is 1. The third kappa shape index (κ3) is 2.43. The minimum atomic E-state index is -0.446. The zero-order valence-corrected chi connectivity index (χ0v) is 10.7. The molecule has 1 aromatic carbocycles. The largest absolute Gasteiger partial charge is 0.321 e. The van der Waals surface area contributed by atoms with Gasteiger partial charge >= 0.3 is 0 Å². The molecule has 16 heavy (non-hydrogen) atoms. The van der Waals surface area contributed by atoms with Crippen molar-refractivity contribution < 1.29 is 4.39 Å². The van der Waals surface area contributed by atoms with Crippen molar-refractivity contribution in [2.75, 3.05) is 0 Å². The van der Waals surface area contributed by atoms with Crippen molar-refractivity contribution in [3.63, 3.8) is 0 Å². The summed E-state index contributed by atoms with van der Waals surface area (Å²) in [4.78, 5) is 0. The molecule has 0 spiro atoms. The van der Waals surface area contributed by atoms with Crippen LogP contribution in [-0.4, -0.2) is 0 Å². The number of rotatable bonds is 4. The van der Waals surface area contributed by atoms with Crippen molar-refractivity contribution >= 4 is 0 Å². The monoisotopic (exact) mass is 223 g/mol. The molecule has 0 aliphatic heterocycles. The van der Waals surface area contributed by atoms with E-state index in [1.807, 2.05) is 13.0 Å². The highest BCUT2D eigenvalue weighted by Crippen LogP contribution is 2.32. The van der Waals surface area contributed by atoms with E-state index < -0.39 is 5.54 Å². The lowest BCUT2D eigenvalue weighted by Crippen LogP contribution is -2.40. The minimum absolute atomic E-state index is 0.167. The van der Waals surface area contributed by atoms with Crippen molar-refractivity contribution in [1.82, 2.24) is 0 Å². The first-order chi connectivity index (χ1) is 7.43. The predicted octanol–water partition coefficient (Wildman–Crippen LogP) is 3.74. The van der Waals surface area contributed by atoms with Crippen LogP contribution in [0.2, 0.25) is 0 Å². The van der Waals surface area contributed by atoms with E-state index in [-0.39, 0.29) is 5.82 Å². The molecule has 0 saturated carbocycles. The Balaban J connectivity index is 3.10. The molecule has 1 rings (SSSR count). The number of nitrogens with two attached hydrogens (primary N) is 1. The molecule has 0 amide bonds. The summed E-state index contributed by atoms with van der Waals surface area (Å²) in [6, 6.07) is 5.32.